The molecular formula is C12H18N2O4. The molecule has 1 saturated heterocycles. The van der Waals surface area contributed by atoms with Gasteiger partial charge in [0.25, 0.3) is 0 Å². The second-order valence-corrected chi connectivity index (χ2v) is 5.00. The summed E-state index contributed by atoms with van der Waals surface area (Å²) >= 11 is 0. The van der Waals surface area contributed by atoms with Gasteiger partial charge in [-0.1, -0.05) is 12.8 Å². The van der Waals surface area contributed by atoms with Crippen molar-refractivity contribution in [2.45, 2.75) is 38.1 Å². The van der Waals surface area contributed by atoms with E-state index in [0.717, 1.165) is 25.7 Å². The molecule has 2 aliphatic rings. The minimum absolute atomic E-state index is 0.0318. The second-order valence-electron chi connectivity index (χ2n) is 5.00. The zero-order valence-corrected chi connectivity index (χ0v) is 10.2. The third-order valence-electron chi connectivity index (χ3n) is 3.68. The van der Waals surface area contributed by atoms with Crippen LogP contribution in [0.5, 0.6) is 0 Å². The number of hydrogen-bond donors (Lipinski definition) is 2. The van der Waals surface area contributed by atoms with Crippen LogP contribution in [0.2, 0.25) is 0 Å². The van der Waals surface area contributed by atoms with E-state index in [1.807, 2.05) is 0 Å². The molecule has 0 radical (unpaired) electrons. The first-order chi connectivity index (χ1) is 8.58. The number of amides is 2. The third-order valence-corrected chi connectivity index (χ3v) is 3.68. The van der Waals surface area contributed by atoms with Gasteiger partial charge in [-0.3, -0.25) is 14.4 Å². The molecule has 2 fully saturated rings. The van der Waals surface area contributed by atoms with Crippen LogP contribution in [0.15, 0.2) is 0 Å². The van der Waals surface area contributed by atoms with Gasteiger partial charge in [0.15, 0.2) is 0 Å². The van der Waals surface area contributed by atoms with Gasteiger partial charge in [0, 0.05) is 19.0 Å². The Labute approximate surface area is 105 Å². The molecule has 2 N–H and O–H groups in total. The molecule has 6 heteroatoms. The average molecular weight is 254 g/mol. The molecule has 1 heterocycles. The average Bonchev–Trinajstić information content (AvgIpc) is 2.95. The summed E-state index contributed by atoms with van der Waals surface area (Å²) in [6.45, 7) is 0.0781. The SMILES string of the molecule is O=C(O)CN(C(=O)C1CNC(=O)C1)C1CCCC1. The number of carbonyl (C=O) groups is 3. The van der Waals surface area contributed by atoms with Gasteiger partial charge >= 0.3 is 5.97 Å². The maximum atomic E-state index is 12.3. The predicted octanol–water partition coefficient (Wildman–Crippen LogP) is -0.0217. The van der Waals surface area contributed by atoms with Gasteiger partial charge in [0.2, 0.25) is 11.8 Å². The van der Waals surface area contributed by atoms with E-state index in [2.05, 4.69) is 5.32 Å². The van der Waals surface area contributed by atoms with Gasteiger partial charge in [-0.05, 0) is 12.8 Å². The van der Waals surface area contributed by atoms with Crippen LogP contribution < -0.4 is 5.32 Å². The van der Waals surface area contributed by atoms with Crippen molar-refractivity contribution in [2.75, 3.05) is 13.1 Å². The molecular weight excluding hydrogens is 236 g/mol. The van der Waals surface area contributed by atoms with E-state index in [0.29, 0.717) is 6.54 Å². The van der Waals surface area contributed by atoms with E-state index in [1.54, 1.807) is 0 Å². The van der Waals surface area contributed by atoms with Crippen molar-refractivity contribution in [2.24, 2.45) is 5.92 Å². The molecule has 0 aromatic rings. The van der Waals surface area contributed by atoms with Crippen molar-refractivity contribution in [3.05, 3.63) is 0 Å². The summed E-state index contributed by atoms with van der Waals surface area (Å²) in [7, 11) is 0. The molecule has 1 aliphatic heterocycles. The van der Waals surface area contributed by atoms with Crippen molar-refractivity contribution in [3.8, 4) is 0 Å². The van der Waals surface area contributed by atoms with Gasteiger partial charge in [0.1, 0.15) is 6.54 Å². The first-order valence-electron chi connectivity index (χ1n) is 6.37. The monoisotopic (exact) mass is 254 g/mol. The molecule has 18 heavy (non-hydrogen) atoms. The van der Waals surface area contributed by atoms with Crippen molar-refractivity contribution in [1.29, 1.82) is 0 Å². The van der Waals surface area contributed by atoms with Gasteiger partial charge in [-0.2, -0.15) is 0 Å². The largest absolute Gasteiger partial charge is 0.480 e. The van der Waals surface area contributed by atoms with Crippen molar-refractivity contribution in [1.82, 2.24) is 10.2 Å². The maximum Gasteiger partial charge on any atom is 0.323 e. The van der Waals surface area contributed by atoms with E-state index in [1.165, 1.54) is 4.90 Å². The van der Waals surface area contributed by atoms with Gasteiger partial charge in [-0.15, -0.1) is 0 Å². The van der Waals surface area contributed by atoms with E-state index < -0.39 is 11.9 Å². The number of carbonyl (C=O) groups excluding carboxylic acids is 2. The molecule has 6 nitrogen and oxygen atoms in total. The summed E-state index contributed by atoms with van der Waals surface area (Å²) < 4.78 is 0. The Balaban J connectivity index is 2.04. The quantitative estimate of drug-likeness (QED) is 0.738. The van der Waals surface area contributed by atoms with E-state index in [9.17, 15) is 14.4 Å². The predicted molar refractivity (Wildman–Crippen MR) is 62.7 cm³/mol. The Bertz CT molecular complexity index is 363. The van der Waals surface area contributed by atoms with Gasteiger partial charge in [0.05, 0.1) is 5.92 Å². The smallest absolute Gasteiger partial charge is 0.323 e. The number of hydrogen-bond acceptors (Lipinski definition) is 3. The molecule has 1 unspecified atom stereocenters. The normalized spacial score (nSPS) is 24.0. The zero-order valence-electron chi connectivity index (χ0n) is 10.2. The molecule has 1 atom stereocenters. The minimum Gasteiger partial charge on any atom is -0.480 e. The van der Waals surface area contributed by atoms with Gasteiger partial charge < -0.3 is 15.3 Å². The van der Waals surface area contributed by atoms with Crippen LogP contribution >= 0.6 is 0 Å². The van der Waals surface area contributed by atoms with Crippen LogP contribution in [-0.2, 0) is 14.4 Å². The Kier molecular flexibility index (Phi) is 3.84. The lowest BCUT2D eigenvalue weighted by atomic mass is 10.1. The lowest BCUT2D eigenvalue weighted by molar-refractivity contribution is -0.148. The van der Waals surface area contributed by atoms with Crippen molar-refractivity contribution < 1.29 is 19.5 Å². The molecule has 0 aromatic heterocycles. The fraction of sp³-hybridized carbons (Fsp3) is 0.750. The van der Waals surface area contributed by atoms with Crippen LogP contribution in [0.3, 0.4) is 0 Å². The molecule has 0 aromatic carbocycles. The summed E-state index contributed by atoms with van der Waals surface area (Å²) in [6.07, 6.45) is 3.99. The number of carboxylic acids is 1. The Morgan fingerprint density at radius 1 is 1.33 bits per heavy atom. The Morgan fingerprint density at radius 2 is 2.00 bits per heavy atom. The fourth-order valence-electron chi connectivity index (χ4n) is 2.76. The van der Waals surface area contributed by atoms with Gasteiger partial charge in [-0.25, -0.2) is 0 Å². The van der Waals surface area contributed by atoms with E-state index >= 15 is 0 Å². The highest BCUT2D eigenvalue weighted by atomic mass is 16.4. The number of nitrogens with zero attached hydrogens (tertiary/aromatic N) is 1. The standard InChI is InChI=1S/C12H18N2O4/c15-10-5-8(6-13-10)12(18)14(7-11(16)17)9-3-1-2-4-9/h8-9H,1-7H2,(H,13,15)(H,16,17). The lowest BCUT2D eigenvalue weighted by Crippen LogP contribution is -2.45. The highest BCUT2D eigenvalue weighted by molar-refractivity contribution is 5.90. The summed E-state index contributed by atoms with van der Waals surface area (Å²) in [5.41, 5.74) is 0. The number of carboxylic acid groups (broad SMARTS) is 1. The Morgan fingerprint density at radius 3 is 2.50 bits per heavy atom. The zero-order chi connectivity index (χ0) is 13.1. The summed E-state index contributed by atoms with van der Waals surface area (Å²) in [5, 5.41) is 11.5. The third kappa shape index (κ3) is 2.80. The number of rotatable bonds is 4. The maximum absolute atomic E-state index is 12.3. The summed E-state index contributed by atoms with van der Waals surface area (Å²) in [4.78, 5) is 35.7. The molecule has 2 amide bonds. The molecule has 100 valence electrons. The molecule has 1 saturated carbocycles. The number of nitrogens with one attached hydrogen (secondary N) is 1. The fourth-order valence-corrected chi connectivity index (χ4v) is 2.76. The first-order valence-corrected chi connectivity index (χ1v) is 6.37. The van der Waals surface area contributed by atoms with Crippen LogP contribution in [0.4, 0.5) is 0 Å². The minimum atomic E-state index is -0.993. The summed E-state index contributed by atoms with van der Waals surface area (Å²) in [6, 6.07) is 0.0318. The highest BCUT2D eigenvalue weighted by Crippen LogP contribution is 2.25. The van der Waals surface area contributed by atoms with Crippen LogP contribution in [0.1, 0.15) is 32.1 Å². The van der Waals surface area contributed by atoms with Crippen LogP contribution in [0.25, 0.3) is 0 Å². The van der Waals surface area contributed by atoms with Crippen LogP contribution in [0, 0.1) is 5.92 Å². The molecule has 1 aliphatic carbocycles. The summed E-state index contributed by atoms with van der Waals surface area (Å²) in [5.74, 6) is -1.71. The van der Waals surface area contributed by atoms with E-state index in [-0.39, 0.29) is 30.8 Å². The second kappa shape index (κ2) is 5.37. The number of aliphatic carboxylic acids is 1. The molecule has 2 rings (SSSR count). The van der Waals surface area contributed by atoms with Crippen LogP contribution in [-0.4, -0.2) is 46.9 Å². The van der Waals surface area contributed by atoms with Crippen molar-refractivity contribution in [3.63, 3.8) is 0 Å². The Hall–Kier alpha value is -1.59. The van der Waals surface area contributed by atoms with E-state index in [4.69, 9.17) is 5.11 Å². The first kappa shape index (κ1) is 12.9. The topological polar surface area (TPSA) is 86.7 Å². The highest BCUT2D eigenvalue weighted by Gasteiger charge is 2.36. The molecule has 0 spiro atoms. The lowest BCUT2D eigenvalue weighted by Gasteiger charge is -2.29. The van der Waals surface area contributed by atoms with Crippen molar-refractivity contribution >= 4 is 17.8 Å². The molecule has 0 bridgehead atoms.